The zero-order valence-electron chi connectivity index (χ0n) is 7.36. The molecule has 0 rings (SSSR count). The van der Waals surface area contributed by atoms with Crippen LogP contribution < -0.4 is 19.6 Å². The van der Waals surface area contributed by atoms with Gasteiger partial charge in [0.25, 0.3) is 7.82 Å². The Kier molecular flexibility index (Phi) is 18.2. The second kappa shape index (κ2) is 10.7. The summed E-state index contributed by atoms with van der Waals surface area (Å²) in [7, 11) is -15.8. The summed E-state index contributed by atoms with van der Waals surface area (Å²) in [4.78, 5) is 58.2. The Morgan fingerprint density at radius 2 is 1.00 bits per heavy atom. The molecule has 0 fully saturated rings. The predicted molar refractivity (Wildman–Crippen MR) is 42.1 cm³/mol. The number of hydrogen-bond donors (Lipinski definition) is 3. The van der Waals surface area contributed by atoms with Gasteiger partial charge in [0.05, 0.1) is 0 Å². The molecule has 1 atom stereocenters. The second-order valence-corrected chi connectivity index (χ2v) is 4.95. The van der Waals surface area contributed by atoms with Crippen LogP contribution in [0.3, 0.4) is 0 Å². The van der Waals surface area contributed by atoms with Crippen molar-refractivity contribution >= 4 is 98.9 Å². The maximum Gasteiger partial charge on any atom is 2.00 e. The molecule has 0 aromatic carbocycles. The van der Waals surface area contributed by atoms with Gasteiger partial charge in [0.2, 0.25) is 0 Å². The molecule has 0 saturated carbocycles. The Balaban J connectivity index is -0.0000000904. The van der Waals surface area contributed by atoms with Crippen LogP contribution in [0.5, 0.6) is 0 Å². The number of phosphoric acid groups is 3. The predicted octanol–water partition coefficient (Wildman–Crippen LogP) is -5.03. The van der Waals surface area contributed by atoms with Gasteiger partial charge in [0, 0.05) is 0 Å². The molecule has 0 spiro atoms. The molecule has 0 aliphatic rings. The summed E-state index contributed by atoms with van der Waals surface area (Å²) in [6.07, 6.45) is 0. The molecule has 16 heavy (non-hydrogen) atoms. The quantitative estimate of drug-likeness (QED) is 0.316. The van der Waals surface area contributed by atoms with Crippen LogP contribution >= 0.6 is 23.5 Å². The van der Waals surface area contributed by atoms with Crippen molar-refractivity contribution < 1.29 is 52.3 Å². The maximum atomic E-state index is 9.59. The van der Waals surface area contributed by atoms with Crippen LogP contribution in [0.4, 0.5) is 0 Å². The van der Waals surface area contributed by atoms with Crippen molar-refractivity contribution in [2.24, 2.45) is 0 Å². The molecule has 3 N–H and O–H groups in total. The largest absolute Gasteiger partial charge is 2.00 e. The Bertz CT molecular complexity index is 262. The molecular formula is H3Ca2O11P3. The third kappa shape index (κ3) is 54.0. The molecule has 16 heteroatoms. The first-order valence-corrected chi connectivity index (χ1v) is 6.73. The molecule has 0 amide bonds. The van der Waals surface area contributed by atoms with Crippen LogP contribution in [-0.4, -0.2) is 90.2 Å². The average molecular weight is 352 g/mol. The summed E-state index contributed by atoms with van der Waals surface area (Å²) < 4.78 is 30.5. The van der Waals surface area contributed by atoms with Crippen molar-refractivity contribution in [2.75, 3.05) is 0 Å². The van der Waals surface area contributed by atoms with Gasteiger partial charge < -0.3 is 38.8 Å². The van der Waals surface area contributed by atoms with E-state index in [9.17, 15) is 14.0 Å². The normalized spacial score (nSPS) is 14.4. The fraction of sp³-hybridized carbons (Fsp3) is 0. The SMILES string of the molecule is O=P([O-])(O)OP(=O)(O)O.O=P([O-])([O-])[O-].[Ca+2].[Ca+2]. The molecule has 0 radical (unpaired) electrons. The van der Waals surface area contributed by atoms with Crippen LogP contribution in [-0.2, 0) is 18.0 Å². The van der Waals surface area contributed by atoms with E-state index in [2.05, 4.69) is 4.31 Å². The fourth-order valence-corrected chi connectivity index (χ4v) is 1.21. The first-order chi connectivity index (χ1) is 5.71. The van der Waals surface area contributed by atoms with Gasteiger partial charge in [-0.1, -0.05) is 0 Å². The van der Waals surface area contributed by atoms with E-state index in [1.54, 1.807) is 0 Å². The van der Waals surface area contributed by atoms with Crippen molar-refractivity contribution in [1.82, 2.24) is 0 Å². The third-order valence-corrected chi connectivity index (χ3v) is 1.89. The Morgan fingerprint density at radius 1 is 0.812 bits per heavy atom. The van der Waals surface area contributed by atoms with Crippen LogP contribution in [0, 0.1) is 0 Å². The molecule has 0 aliphatic carbocycles. The van der Waals surface area contributed by atoms with E-state index in [4.69, 9.17) is 33.9 Å². The number of hydrogen-bond acceptors (Lipinski definition) is 8. The molecule has 0 aliphatic heterocycles. The van der Waals surface area contributed by atoms with Gasteiger partial charge in [-0.3, -0.25) is 4.57 Å². The van der Waals surface area contributed by atoms with Gasteiger partial charge in [-0.2, -0.15) is 7.82 Å². The average Bonchev–Trinajstić information content (AvgIpc) is 1.42. The first-order valence-electron chi connectivity index (χ1n) is 2.24. The van der Waals surface area contributed by atoms with Gasteiger partial charge in [-0.15, -0.1) is 0 Å². The van der Waals surface area contributed by atoms with Crippen molar-refractivity contribution in [2.45, 2.75) is 0 Å². The minimum absolute atomic E-state index is 0. The van der Waals surface area contributed by atoms with Crippen molar-refractivity contribution in [1.29, 1.82) is 0 Å². The number of rotatable bonds is 2. The molecule has 0 aromatic heterocycles. The summed E-state index contributed by atoms with van der Waals surface area (Å²) in [5.74, 6) is 0. The van der Waals surface area contributed by atoms with E-state index < -0.39 is 23.5 Å². The summed E-state index contributed by atoms with van der Waals surface area (Å²) in [5, 5.41) is 0. The molecule has 88 valence electrons. The zero-order chi connectivity index (χ0) is 12.2. The Hall–Kier alpha value is 2.89. The molecule has 0 heterocycles. The van der Waals surface area contributed by atoms with E-state index in [1.807, 2.05) is 0 Å². The Labute approximate surface area is 149 Å². The van der Waals surface area contributed by atoms with E-state index >= 15 is 0 Å². The van der Waals surface area contributed by atoms with Gasteiger partial charge in [-0.25, -0.2) is 8.88 Å². The van der Waals surface area contributed by atoms with E-state index in [0.29, 0.717) is 0 Å². The smallest absolute Gasteiger partial charge is 0.822 e. The summed E-state index contributed by atoms with van der Waals surface area (Å²) in [6, 6.07) is 0. The van der Waals surface area contributed by atoms with Crippen molar-refractivity contribution in [3.63, 3.8) is 0 Å². The van der Waals surface area contributed by atoms with Crippen LogP contribution in [0.2, 0.25) is 0 Å². The first kappa shape index (κ1) is 27.3. The topological polar surface area (TPSA) is 213 Å². The summed E-state index contributed by atoms with van der Waals surface area (Å²) in [6.45, 7) is 0. The molecule has 0 saturated heterocycles. The summed E-state index contributed by atoms with van der Waals surface area (Å²) in [5.41, 5.74) is 0. The van der Waals surface area contributed by atoms with Gasteiger partial charge in [0.15, 0.2) is 0 Å². The maximum absolute atomic E-state index is 9.59. The fourth-order valence-electron chi connectivity index (χ4n) is 0.134. The van der Waals surface area contributed by atoms with Crippen molar-refractivity contribution in [3.8, 4) is 0 Å². The third-order valence-electron chi connectivity index (χ3n) is 0.210. The van der Waals surface area contributed by atoms with Crippen molar-refractivity contribution in [3.05, 3.63) is 0 Å². The minimum atomic E-state index is -5.39. The Morgan fingerprint density at radius 3 is 1.00 bits per heavy atom. The zero-order valence-corrected chi connectivity index (χ0v) is 14.5. The van der Waals surface area contributed by atoms with E-state index in [-0.39, 0.29) is 75.5 Å². The van der Waals surface area contributed by atoms with E-state index in [1.165, 1.54) is 0 Å². The van der Waals surface area contributed by atoms with Gasteiger partial charge in [0.1, 0.15) is 0 Å². The minimum Gasteiger partial charge on any atom is -0.822 e. The second-order valence-electron chi connectivity index (χ2n) is 1.49. The van der Waals surface area contributed by atoms with Gasteiger partial charge in [-0.05, 0) is 0 Å². The summed E-state index contributed by atoms with van der Waals surface area (Å²) >= 11 is 0. The van der Waals surface area contributed by atoms with Gasteiger partial charge >= 0.3 is 83.3 Å². The molecular weight excluding hydrogens is 349 g/mol. The van der Waals surface area contributed by atoms with E-state index in [0.717, 1.165) is 0 Å². The monoisotopic (exact) mass is 352 g/mol. The molecule has 0 bridgehead atoms. The molecule has 0 aromatic rings. The van der Waals surface area contributed by atoms with Crippen LogP contribution in [0.25, 0.3) is 0 Å². The standard InChI is InChI=1S/2Ca.H4O7P2.H3O4P/c;;1-8(2,3)7-9(4,5)6;1-5(2,3)4/h;;(H2,1,2,3)(H2,4,5,6);(H3,1,2,3,4)/q2*+2;;/p-4. The van der Waals surface area contributed by atoms with Crippen LogP contribution in [0.15, 0.2) is 0 Å². The molecule has 11 nitrogen and oxygen atoms in total. The molecule has 1 unspecified atom stereocenters. The van der Waals surface area contributed by atoms with Crippen LogP contribution in [0.1, 0.15) is 0 Å².